The van der Waals surface area contributed by atoms with Crippen molar-refractivity contribution < 1.29 is 28.6 Å². The third-order valence-corrected chi connectivity index (χ3v) is 6.68. The fourth-order valence-corrected chi connectivity index (χ4v) is 4.79. The second-order valence-corrected chi connectivity index (χ2v) is 8.72. The average molecular weight is 501 g/mol. The van der Waals surface area contributed by atoms with Crippen LogP contribution in [0.3, 0.4) is 0 Å². The molecule has 1 saturated heterocycles. The normalized spacial score (nSPS) is 16.9. The quantitative estimate of drug-likeness (QED) is 0.212. The highest BCUT2D eigenvalue weighted by Gasteiger charge is 2.46. The van der Waals surface area contributed by atoms with Crippen molar-refractivity contribution in [2.75, 3.05) is 20.8 Å². The number of amides is 1. The van der Waals surface area contributed by atoms with Crippen LogP contribution in [0.25, 0.3) is 16.7 Å². The molecular formula is C29H25FN2O5. The molecule has 2 N–H and O–H groups in total. The Morgan fingerprint density at radius 3 is 2.51 bits per heavy atom. The molecule has 5 rings (SSSR count). The highest BCUT2D eigenvalue weighted by molar-refractivity contribution is 6.46. The first-order valence-corrected chi connectivity index (χ1v) is 11.7. The molecule has 2 heterocycles. The number of aliphatic hydroxyl groups is 1. The summed E-state index contributed by atoms with van der Waals surface area (Å²) in [5.41, 5.74) is 2.08. The van der Waals surface area contributed by atoms with Gasteiger partial charge in [0.25, 0.3) is 11.7 Å². The van der Waals surface area contributed by atoms with Crippen molar-refractivity contribution in [3.05, 3.63) is 101 Å². The molecule has 37 heavy (non-hydrogen) atoms. The predicted octanol–water partition coefficient (Wildman–Crippen LogP) is 4.99. The summed E-state index contributed by atoms with van der Waals surface area (Å²) in [6.07, 6.45) is 2.24. The van der Waals surface area contributed by atoms with E-state index in [2.05, 4.69) is 4.98 Å². The largest absolute Gasteiger partial charge is 0.507 e. The molecule has 1 aliphatic heterocycles. The molecule has 1 aromatic heterocycles. The fraction of sp³-hybridized carbons (Fsp3) is 0.172. The Hall–Kier alpha value is -4.59. The predicted molar refractivity (Wildman–Crippen MR) is 137 cm³/mol. The molecule has 1 fully saturated rings. The topological polar surface area (TPSA) is 91.9 Å². The van der Waals surface area contributed by atoms with E-state index in [0.29, 0.717) is 23.5 Å². The number of aromatic nitrogens is 1. The summed E-state index contributed by atoms with van der Waals surface area (Å²) < 4.78 is 25.6. The number of halogens is 1. The first-order chi connectivity index (χ1) is 17.9. The molecule has 8 heteroatoms. The van der Waals surface area contributed by atoms with Gasteiger partial charge in [0.05, 0.1) is 25.8 Å². The van der Waals surface area contributed by atoms with E-state index in [9.17, 15) is 14.7 Å². The number of H-pyrrole nitrogens is 1. The minimum absolute atomic E-state index is 0.128. The van der Waals surface area contributed by atoms with Crippen LogP contribution in [-0.2, 0) is 16.0 Å². The van der Waals surface area contributed by atoms with Gasteiger partial charge in [0.2, 0.25) is 0 Å². The Morgan fingerprint density at radius 2 is 1.76 bits per heavy atom. The monoisotopic (exact) mass is 500 g/mol. The van der Waals surface area contributed by atoms with Gasteiger partial charge in [-0.25, -0.2) is 4.39 Å². The van der Waals surface area contributed by atoms with Gasteiger partial charge in [0.15, 0.2) is 0 Å². The Kier molecular flexibility index (Phi) is 6.40. The smallest absolute Gasteiger partial charge is 0.295 e. The van der Waals surface area contributed by atoms with Crippen LogP contribution in [0.15, 0.2) is 78.5 Å². The van der Waals surface area contributed by atoms with Crippen LogP contribution >= 0.6 is 0 Å². The zero-order chi connectivity index (χ0) is 26.1. The first kappa shape index (κ1) is 24.1. The van der Waals surface area contributed by atoms with Gasteiger partial charge in [-0.2, -0.15) is 0 Å². The summed E-state index contributed by atoms with van der Waals surface area (Å²) in [5.74, 6) is -1.46. The number of rotatable bonds is 7. The molecule has 7 nitrogen and oxygen atoms in total. The molecule has 0 bridgehead atoms. The molecule has 0 radical (unpaired) electrons. The molecular weight excluding hydrogens is 475 g/mol. The highest BCUT2D eigenvalue weighted by Crippen LogP contribution is 2.41. The first-order valence-electron chi connectivity index (χ1n) is 11.7. The van der Waals surface area contributed by atoms with E-state index in [0.717, 1.165) is 16.5 Å². The lowest BCUT2D eigenvalue weighted by molar-refractivity contribution is -0.139. The van der Waals surface area contributed by atoms with Crippen LogP contribution in [-0.4, -0.2) is 47.4 Å². The summed E-state index contributed by atoms with van der Waals surface area (Å²) in [5, 5.41) is 12.1. The van der Waals surface area contributed by atoms with Gasteiger partial charge in [0.1, 0.15) is 23.1 Å². The molecule has 4 aromatic rings. The molecule has 0 saturated carbocycles. The van der Waals surface area contributed by atoms with Gasteiger partial charge in [-0.05, 0) is 48.4 Å². The van der Waals surface area contributed by atoms with Crippen LogP contribution in [0.2, 0.25) is 0 Å². The third kappa shape index (κ3) is 4.31. The zero-order valence-corrected chi connectivity index (χ0v) is 20.3. The summed E-state index contributed by atoms with van der Waals surface area (Å²) in [4.78, 5) is 31.0. The number of aliphatic hydroxyl groups excluding tert-OH is 1. The van der Waals surface area contributed by atoms with E-state index < -0.39 is 23.5 Å². The molecule has 0 aliphatic carbocycles. The minimum atomic E-state index is -1.09. The van der Waals surface area contributed by atoms with Gasteiger partial charge in [0, 0.05) is 34.8 Å². The van der Waals surface area contributed by atoms with E-state index >= 15 is 4.39 Å². The molecule has 0 unspecified atom stereocenters. The van der Waals surface area contributed by atoms with Crippen molar-refractivity contribution in [1.82, 2.24) is 9.88 Å². The molecule has 1 atom stereocenters. The number of carbonyl (C=O) groups excluding carboxylic acids is 2. The van der Waals surface area contributed by atoms with Gasteiger partial charge >= 0.3 is 0 Å². The number of methoxy groups -OCH3 is 2. The number of carbonyl (C=O) groups is 2. The Morgan fingerprint density at radius 1 is 1.00 bits per heavy atom. The second kappa shape index (κ2) is 9.81. The van der Waals surface area contributed by atoms with Crippen LogP contribution in [0, 0.1) is 5.82 Å². The van der Waals surface area contributed by atoms with Crippen molar-refractivity contribution >= 4 is 28.4 Å². The zero-order valence-electron chi connectivity index (χ0n) is 20.3. The van der Waals surface area contributed by atoms with Crippen molar-refractivity contribution in [2.45, 2.75) is 12.5 Å². The van der Waals surface area contributed by atoms with Crippen LogP contribution in [0.5, 0.6) is 11.5 Å². The lowest BCUT2D eigenvalue weighted by Crippen LogP contribution is -2.32. The highest BCUT2D eigenvalue weighted by atomic mass is 19.1. The van der Waals surface area contributed by atoms with Crippen molar-refractivity contribution in [3.63, 3.8) is 0 Å². The number of Topliss-reactive ketones (excluding diaryl/α,β-unsaturated/α-hetero) is 1. The maximum absolute atomic E-state index is 15.0. The number of likely N-dealkylation sites (tertiary alicyclic amines) is 1. The van der Waals surface area contributed by atoms with Crippen LogP contribution in [0.1, 0.15) is 22.7 Å². The Bertz CT molecular complexity index is 1540. The maximum Gasteiger partial charge on any atom is 0.295 e. The lowest BCUT2D eigenvalue weighted by Gasteiger charge is -2.25. The van der Waals surface area contributed by atoms with Crippen LogP contribution in [0.4, 0.5) is 4.39 Å². The minimum Gasteiger partial charge on any atom is -0.507 e. The summed E-state index contributed by atoms with van der Waals surface area (Å²) in [6.45, 7) is 0.128. The van der Waals surface area contributed by atoms with Crippen molar-refractivity contribution in [1.29, 1.82) is 0 Å². The molecule has 3 aromatic carbocycles. The summed E-state index contributed by atoms with van der Waals surface area (Å²) in [6, 6.07) is 17.0. The number of hydrogen-bond acceptors (Lipinski definition) is 5. The summed E-state index contributed by atoms with van der Waals surface area (Å²) in [7, 11) is 3.07. The number of aromatic amines is 1. The number of benzene rings is 3. The van der Waals surface area contributed by atoms with Crippen molar-refractivity contribution in [3.8, 4) is 11.5 Å². The average Bonchev–Trinajstić information content (AvgIpc) is 3.44. The second-order valence-electron chi connectivity index (χ2n) is 8.72. The molecule has 0 spiro atoms. The standard InChI is InChI=1S/C29H25FN2O5/c1-36-19-7-5-6-17(14-19)27(33)25-26(21-8-3-4-9-23(21)30)32(29(35)28(25)34)13-12-18-16-31-24-11-10-20(37-2)15-22(18)24/h3-11,14-16,26,31,33H,12-13H2,1-2H3/t26-/m1/s1. The number of fused-ring (bicyclic) bond motifs is 1. The van der Waals surface area contributed by atoms with Gasteiger partial charge in [-0.1, -0.05) is 30.3 Å². The van der Waals surface area contributed by atoms with Crippen molar-refractivity contribution in [2.24, 2.45) is 0 Å². The van der Waals surface area contributed by atoms with E-state index in [1.807, 2.05) is 24.4 Å². The maximum atomic E-state index is 15.0. The van der Waals surface area contributed by atoms with E-state index in [1.54, 1.807) is 37.4 Å². The fourth-order valence-electron chi connectivity index (χ4n) is 4.79. The van der Waals surface area contributed by atoms with E-state index in [1.165, 1.54) is 30.2 Å². The molecule has 1 amide bonds. The van der Waals surface area contributed by atoms with E-state index in [4.69, 9.17) is 9.47 Å². The Balaban J connectivity index is 1.57. The van der Waals surface area contributed by atoms with Gasteiger partial charge in [-0.15, -0.1) is 0 Å². The SMILES string of the molecule is COc1cccc(C(O)=C2C(=O)C(=O)N(CCc3c[nH]c4ccc(OC)cc34)[C@@H]2c2ccccc2F)c1. The van der Waals surface area contributed by atoms with Crippen LogP contribution < -0.4 is 9.47 Å². The van der Waals surface area contributed by atoms with Gasteiger partial charge in [-0.3, -0.25) is 9.59 Å². The number of ether oxygens (including phenoxy) is 2. The number of nitrogens with zero attached hydrogens (tertiary/aromatic N) is 1. The lowest BCUT2D eigenvalue weighted by atomic mass is 9.94. The number of nitrogens with one attached hydrogen (secondary N) is 1. The third-order valence-electron chi connectivity index (χ3n) is 6.68. The Labute approximate surface area is 212 Å². The van der Waals surface area contributed by atoms with E-state index in [-0.39, 0.29) is 23.4 Å². The van der Waals surface area contributed by atoms with Gasteiger partial charge < -0.3 is 24.5 Å². The molecule has 1 aliphatic rings. The molecule has 188 valence electrons. The number of hydrogen-bond donors (Lipinski definition) is 2. The number of ketones is 1. The summed E-state index contributed by atoms with van der Waals surface area (Å²) >= 11 is 0.